The number of fused-ring (bicyclic) bond motifs is 2. The normalized spacial score (nSPS) is 20.1. The van der Waals surface area contributed by atoms with Crippen molar-refractivity contribution in [2.24, 2.45) is 11.8 Å². The quantitative estimate of drug-likeness (QED) is 0.449. The Bertz CT molecular complexity index is 1310. The van der Waals surface area contributed by atoms with Crippen LogP contribution in [0.1, 0.15) is 15.9 Å². The van der Waals surface area contributed by atoms with Gasteiger partial charge in [0, 0.05) is 61.3 Å². The van der Waals surface area contributed by atoms with Crippen LogP contribution in [0.5, 0.6) is 5.75 Å². The van der Waals surface area contributed by atoms with Crippen LogP contribution in [-0.2, 0) is 4.79 Å². The van der Waals surface area contributed by atoms with E-state index in [0.717, 1.165) is 17.6 Å². The molecule has 2 atom stereocenters. The van der Waals surface area contributed by atoms with Crippen LogP contribution >= 0.6 is 0 Å². The fourth-order valence-corrected chi connectivity index (χ4v) is 4.60. The molecule has 5 rings (SSSR count). The number of carbonyl (C=O) groups excluding carboxylic acids is 2. The van der Waals surface area contributed by atoms with Crippen LogP contribution in [0.4, 0.5) is 17.6 Å². The summed E-state index contributed by atoms with van der Waals surface area (Å²) in [6.45, 7) is 1.95. The van der Waals surface area contributed by atoms with Crippen LogP contribution < -0.4 is 4.74 Å². The summed E-state index contributed by atoms with van der Waals surface area (Å²) in [5.74, 6) is -1.79. The molecule has 0 aliphatic carbocycles. The molecule has 2 amide bonds. The molecule has 3 aromatic rings. The lowest BCUT2D eigenvalue weighted by Crippen LogP contribution is -2.35. The van der Waals surface area contributed by atoms with Gasteiger partial charge in [-0.05, 0) is 36.4 Å². The maximum atomic E-state index is 14.1. The molecule has 0 bridgehead atoms. The molecular weight excluding hydrogens is 470 g/mol. The molecule has 2 aromatic carbocycles. The number of alkyl halides is 3. The highest BCUT2D eigenvalue weighted by Crippen LogP contribution is 2.32. The van der Waals surface area contributed by atoms with E-state index in [2.05, 4.69) is 20.1 Å². The Morgan fingerprint density at radius 2 is 1.74 bits per heavy atom. The zero-order chi connectivity index (χ0) is 24.7. The molecule has 2 aliphatic heterocycles. The van der Waals surface area contributed by atoms with Crippen LogP contribution in [0.2, 0.25) is 0 Å². The predicted molar refractivity (Wildman–Crippen MR) is 115 cm³/mol. The first-order valence-corrected chi connectivity index (χ1v) is 10.8. The van der Waals surface area contributed by atoms with E-state index >= 15 is 0 Å². The summed E-state index contributed by atoms with van der Waals surface area (Å²) in [5, 5.41) is 10.4. The number of aromatic nitrogens is 3. The molecule has 182 valence electrons. The minimum atomic E-state index is -4.92. The standard InChI is InChI=1S/C23H19F4N5O3/c24-18-8-17(35-23(25,26)27)4-1-13(18)3-6-21(33)31-9-15-11-32(12-16(15)10-31)22(34)14-2-5-19-20(7-14)29-30-28-19/h1-8,15-16H,9-12H2,(H,28,29,30)/b6-3+. The molecule has 2 unspecified atom stereocenters. The summed E-state index contributed by atoms with van der Waals surface area (Å²) in [4.78, 5) is 28.9. The van der Waals surface area contributed by atoms with Crippen molar-refractivity contribution in [1.29, 1.82) is 0 Å². The molecule has 2 fully saturated rings. The zero-order valence-corrected chi connectivity index (χ0v) is 18.1. The maximum Gasteiger partial charge on any atom is 0.573 e. The Hall–Kier alpha value is -3.96. The van der Waals surface area contributed by atoms with Gasteiger partial charge in [-0.1, -0.05) is 5.21 Å². The van der Waals surface area contributed by atoms with E-state index < -0.39 is 17.9 Å². The van der Waals surface area contributed by atoms with E-state index in [-0.39, 0.29) is 29.2 Å². The molecule has 35 heavy (non-hydrogen) atoms. The van der Waals surface area contributed by atoms with Gasteiger partial charge in [-0.3, -0.25) is 14.7 Å². The van der Waals surface area contributed by atoms with Gasteiger partial charge in [0.05, 0.1) is 5.52 Å². The van der Waals surface area contributed by atoms with Gasteiger partial charge in [0.15, 0.2) is 0 Å². The number of nitrogens with one attached hydrogen (secondary N) is 1. The van der Waals surface area contributed by atoms with Crippen LogP contribution in [0, 0.1) is 17.7 Å². The Morgan fingerprint density at radius 1 is 1.03 bits per heavy atom. The number of amides is 2. The first-order valence-electron chi connectivity index (χ1n) is 10.8. The molecule has 3 heterocycles. The first kappa shape index (κ1) is 22.8. The fraction of sp³-hybridized carbons (Fsp3) is 0.304. The average molecular weight is 489 g/mol. The number of H-pyrrole nitrogens is 1. The Labute approximate surface area is 196 Å². The van der Waals surface area contributed by atoms with E-state index in [1.54, 1.807) is 28.0 Å². The van der Waals surface area contributed by atoms with Crippen LogP contribution in [0.15, 0.2) is 42.5 Å². The number of likely N-dealkylation sites (tertiary alicyclic amines) is 2. The average Bonchev–Trinajstić information content (AvgIpc) is 3.51. The third-order valence-corrected chi connectivity index (χ3v) is 6.27. The molecule has 8 nitrogen and oxygen atoms in total. The van der Waals surface area contributed by atoms with Crippen molar-refractivity contribution in [1.82, 2.24) is 25.2 Å². The van der Waals surface area contributed by atoms with Gasteiger partial charge in [-0.2, -0.15) is 0 Å². The first-order chi connectivity index (χ1) is 16.7. The van der Waals surface area contributed by atoms with E-state index in [1.807, 2.05) is 0 Å². The monoisotopic (exact) mass is 489 g/mol. The van der Waals surface area contributed by atoms with Gasteiger partial charge < -0.3 is 14.5 Å². The molecule has 1 N–H and O–H groups in total. The number of halogens is 4. The van der Waals surface area contributed by atoms with E-state index in [0.29, 0.717) is 43.3 Å². The Kier molecular flexibility index (Phi) is 5.65. The SMILES string of the molecule is O=C(/C=C/c1ccc(OC(F)(F)F)cc1F)N1CC2CN(C(=O)c3ccc4[nH]nnc4c3)CC2C1. The number of ether oxygens (including phenoxy) is 1. The summed E-state index contributed by atoms with van der Waals surface area (Å²) in [5.41, 5.74) is 1.84. The third-order valence-electron chi connectivity index (χ3n) is 6.27. The lowest BCUT2D eigenvalue weighted by atomic mass is 10.0. The van der Waals surface area contributed by atoms with Gasteiger partial charge in [0.25, 0.3) is 5.91 Å². The Morgan fingerprint density at radius 3 is 2.43 bits per heavy atom. The highest BCUT2D eigenvalue weighted by atomic mass is 19.4. The van der Waals surface area contributed by atoms with E-state index in [1.165, 1.54) is 12.2 Å². The number of hydrogen-bond acceptors (Lipinski definition) is 5. The second-order valence-electron chi connectivity index (χ2n) is 8.58. The molecule has 2 saturated heterocycles. The van der Waals surface area contributed by atoms with Crippen molar-refractivity contribution in [3.8, 4) is 5.75 Å². The van der Waals surface area contributed by atoms with Crippen LogP contribution in [-0.4, -0.2) is 69.6 Å². The number of nitrogens with zero attached hydrogens (tertiary/aromatic N) is 4. The maximum absolute atomic E-state index is 14.1. The van der Waals surface area contributed by atoms with Gasteiger partial charge in [0.1, 0.15) is 17.1 Å². The highest BCUT2D eigenvalue weighted by Gasteiger charge is 2.42. The summed E-state index contributed by atoms with van der Waals surface area (Å²) in [6.07, 6.45) is -2.50. The number of benzene rings is 2. The predicted octanol–water partition coefficient (Wildman–Crippen LogP) is 3.24. The highest BCUT2D eigenvalue weighted by molar-refractivity contribution is 5.97. The van der Waals surface area contributed by atoms with Crippen molar-refractivity contribution < 1.29 is 31.9 Å². The van der Waals surface area contributed by atoms with Crippen molar-refractivity contribution in [2.45, 2.75) is 6.36 Å². The lowest BCUT2D eigenvalue weighted by molar-refractivity contribution is -0.274. The molecule has 0 saturated carbocycles. The van der Waals surface area contributed by atoms with Crippen LogP contribution in [0.25, 0.3) is 17.1 Å². The van der Waals surface area contributed by atoms with Gasteiger partial charge in [-0.25, -0.2) is 4.39 Å². The molecule has 0 radical (unpaired) electrons. The van der Waals surface area contributed by atoms with E-state index in [9.17, 15) is 27.2 Å². The summed E-state index contributed by atoms with van der Waals surface area (Å²) < 4.78 is 54.6. The fourth-order valence-electron chi connectivity index (χ4n) is 4.60. The largest absolute Gasteiger partial charge is 0.573 e. The smallest absolute Gasteiger partial charge is 0.406 e. The lowest BCUT2D eigenvalue weighted by Gasteiger charge is -2.21. The van der Waals surface area contributed by atoms with Crippen LogP contribution in [0.3, 0.4) is 0 Å². The minimum Gasteiger partial charge on any atom is -0.406 e. The summed E-state index contributed by atoms with van der Waals surface area (Å²) in [7, 11) is 0. The van der Waals surface area contributed by atoms with Gasteiger partial charge >= 0.3 is 6.36 Å². The molecule has 12 heteroatoms. The van der Waals surface area contributed by atoms with Crippen molar-refractivity contribution in [3.05, 3.63) is 59.4 Å². The number of rotatable bonds is 4. The molecular formula is C23H19F4N5O3. The van der Waals surface area contributed by atoms with Gasteiger partial charge in [-0.15, -0.1) is 18.3 Å². The van der Waals surface area contributed by atoms with Crippen molar-refractivity contribution in [3.63, 3.8) is 0 Å². The number of hydrogen-bond donors (Lipinski definition) is 1. The van der Waals surface area contributed by atoms with Crippen molar-refractivity contribution in [2.75, 3.05) is 26.2 Å². The Balaban J connectivity index is 1.17. The third kappa shape index (κ3) is 4.81. The molecule has 2 aliphatic rings. The second kappa shape index (κ2) is 8.67. The molecule has 1 aromatic heterocycles. The van der Waals surface area contributed by atoms with Gasteiger partial charge in [0.2, 0.25) is 5.91 Å². The summed E-state index contributed by atoms with van der Waals surface area (Å²) >= 11 is 0. The van der Waals surface area contributed by atoms with E-state index in [4.69, 9.17) is 0 Å². The van der Waals surface area contributed by atoms with Crippen molar-refractivity contribution >= 4 is 28.9 Å². The molecule has 0 spiro atoms. The topological polar surface area (TPSA) is 91.4 Å². The number of carbonyl (C=O) groups is 2. The zero-order valence-electron chi connectivity index (χ0n) is 18.1. The second-order valence-corrected chi connectivity index (χ2v) is 8.58. The minimum absolute atomic E-state index is 0.0341. The summed E-state index contributed by atoms with van der Waals surface area (Å²) in [6, 6.07) is 7.87. The number of aromatic amines is 1.